The van der Waals surface area contributed by atoms with E-state index in [4.69, 9.17) is 10.5 Å². The van der Waals surface area contributed by atoms with Crippen LogP contribution in [0.1, 0.15) is 6.42 Å². The van der Waals surface area contributed by atoms with E-state index in [2.05, 4.69) is 4.98 Å². The van der Waals surface area contributed by atoms with Crippen LogP contribution in [0.3, 0.4) is 0 Å². The van der Waals surface area contributed by atoms with Crippen molar-refractivity contribution in [2.45, 2.75) is 12.5 Å². The van der Waals surface area contributed by atoms with E-state index in [0.717, 1.165) is 25.3 Å². The topological polar surface area (TPSA) is 68.5 Å². The highest BCUT2D eigenvalue weighted by atomic mass is 16.5. The van der Waals surface area contributed by atoms with E-state index in [1.807, 2.05) is 17.0 Å². The predicted octanol–water partition coefficient (Wildman–Crippen LogP) is 0.0200. The number of carbonyl (C=O) groups is 1. The van der Waals surface area contributed by atoms with Crippen molar-refractivity contribution in [1.82, 2.24) is 9.88 Å². The molecule has 5 nitrogen and oxygen atoms in total. The number of likely N-dealkylation sites (tertiary alicyclic amines) is 1. The number of hydrogen-bond acceptors (Lipinski definition) is 4. The van der Waals surface area contributed by atoms with E-state index in [-0.39, 0.29) is 12.0 Å². The van der Waals surface area contributed by atoms with Gasteiger partial charge in [0.05, 0.1) is 12.7 Å². The van der Waals surface area contributed by atoms with E-state index in [0.29, 0.717) is 6.54 Å². The van der Waals surface area contributed by atoms with Gasteiger partial charge in [-0.15, -0.1) is 0 Å². The van der Waals surface area contributed by atoms with Crippen LogP contribution in [-0.4, -0.2) is 41.5 Å². The lowest BCUT2D eigenvalue weighted by atomic mass is 10.3. The normalized spacial score (nSPS) is 20.9. The first-order valence-corrected chi connectivity index (χ1v) is 5.31. The van der Waals surface area contributed by atoms with Crippen LogP contribution in [0.5, 0.6) is 5.75 Å². The molecule has 1 unspecified atom stereocenters. The third-order valence-corrected chi connectivity index (χ3v) is 2.55. The maximum absolute atomic E-state index is 10.8. The van der Waals surface area contributed by atoms with Crippen LogP contribution in [0.2, 0.25) is 0 Å². The second kappa shape index (κ2) is 4.94. The summed E-state index contributed by atoms with van der Waals surface area (Å²) in [5.41, 5.74) is 5.14. The fourth-order valence-electron chi connectivity index (χ4n) is 1.87. The van der Waals surface area contributed by atoms with Crippen LogP contribution in [0.25, 0.3) is 0 Å². The van der Waals surface area contributed by atoms with Crippen molar-refractivity contribution in [1.29, 1.82) is 0 Å². The zero-order chi connectivity index (χ0) is 11.4. The number of nitrogens with zero attached hydrogens (tertiary/aromatic N) is 2. The molecule has 0 radical (unpaired) electrons. The monoisotopic (exact) mass is 221 g/mol. The van der Waals surface area contributed by atoms with Gasteiger partial charge in [-0.2, -0.15) is 0 Å². The minimum atomic E-state index is -0.290. The standard InChI is InChI=1S/C11H15N3O2/c12-11(15)8-14-5-3-10(7-14)16-9-2-1-4-13-6-9/h1-2,4,6,10H,3,5,7-8H2,(H2,12,15). The summed E-state index contributed by atoms with van der Waals surface area (Å²) in [6.07, 6.45) is 4.45. The Bertz CT molecular complexity index is 356. The SMILES string of the molecule is NC(=O)CN1CCC(Oc2cccnc2)C1. The molecule has 1 aliphatic rings. The number of pyridine rings is 1. The molecule has 2 rings (SSSR count). The summed E-state index contributed by atoms with van der Waals surface area (Å²) in [5, 5.41) is 0. The van der Waals surface area contributed by atoms with E-state index in [1.165, 1.54) is 0 Å². The van der Waals surface area contributed by atoms with E-state index in [1.54, 1.807) is 12.4 Å². The molecule has 0 spiro atoms. The first-order valence-electron chi connectivity index (χ1n) is 5.31. The smallest absolute Gasteiger partial charge is 0.231 e. The highest BCUT2D eigenvalue weighted by molar-refractivity contribution is 5.75. The number of primary amides is 1. The highest BCUT2D eigenvalue weighted by Crippen LogP contribution is 2.16. The van der Waals surface area contributed by atoms with E-state index in [9.17, 15) is 4.79 Å². The molecule has 1 aromatic heterocycles. The van der Waals surface area contributed by atoms with Crippen molar-refractivity contribution < 1.29 is 9.53 Å². The largest absolute Gasteiger partial charge is 0.487 e. The molecular weight excluding hydrogens is 206 g/mol. The molecule has 0 aromatic carbocycles. The van der Waals surface area contributed by atoms with Crippen LogP contribution in [0, 0.1) is 0 Å². The lowest BCUT2D eigenvalue weighted by Crippen LogP contribution is -2.33. The van der Waals surface area contributed by atoms with Crippen LogP contribution >= 0.6 is 0 Å². The zero-order valence-electron chi connectivity index (χ0n) is 9.00. The van der Waals surface area contributed by atoms with Crippen molar-refractivity contribution in [2.24, 2.45) is 5.73 Å². The highest BCUT2D eigenvalue weighted by Gasteiger charge is 2.24. The average molecular weight is 221 g/mol. The Kier molecular flexibility index (Phi) is 3.36. The molecule has 5 heteroatoms. The number of nitrogens with two attached hydrogens (primary N) is 1. The molecule has 1 aliphatic heterocycles. The van der Waals surface area contributed by atoms with Crippen molar-refractivity contribution in [3.63, 3.8) is 0 Å². The first-order chi connectivity index (χ1) is 7.74. The van der Waals surface area contributed by atoms with Gasteiger partial charge in [-0.1, -0.05) is 0 Å². The first kappa shape index (κ1) is 10.9. The van der Waals surface area contributed by atoms with E-state index >= 15 is 0 Å². The maximum Gasteiger partial charge on any atom is 0.231 e. The third kappa shape index (κ3) is 2.93. The minimum absolute atomic E-state index is 0.128. The lowest BCUT2D eigenvalue weighted by Gasteiger charge is -2.14. The van der Waals surface area contributed by atoms with Gasteiger partial charge in [0.25, 0.3) is 0 Å². The Morgan fingerprint density at radius 1 is 1.69 bits per heavy atom. The number of aromatic nitrogens is 1. The summed E-state index contributed by atoms with van der Waals surface area (Å²) in [4.78, 5) is 16.7. The second-order valence-corrected chi connectivity index (χ2v) is 3.92. The van der Waals surface area contributed by atoms with Crippen molar-refractivity contribution in [3.8, 4) is 5.75 Å². The van der Waals surface area contributed by atoms with E-state index < -0.39 is 0 Å². The molecule has 1 amide bonds. The summed E-state index contributed by atoms with van der Waals surface area (Å²) in [7, 11) is 0. The van der Waals surface area contributed by atoms with Gasteiger partial charge in [-0.05, 0) is 18.6 Å². The van der Waals surface area contributed by atoms with Gasteiger partial charge < -0.3 is 10.5 Å². The van der Waals surface area contributed by atoms with Gasteiger partial charge in [0.2, 0.25) is 5.91 Å². The quantitative estimate of drug-likeness (QED) is 0.778. The predicted molar refractivity (Wildman–Crippen MR) is 58.9 cm³/mol. The number of carbonyl (C=O) groups excluding carboxylic acids is 1. The van der Waals surface area contributed by atoms with Gasteiger partial charge >= 0.3 is 0 Å². The molecule has 86 valence electrons. The molecule has 2 heterocycles. The Labute approximate surface area is 94.2 Å². The lowest BCUT2D eigenvalue weighted by molar-refractivity contribution is -0.118. The molecule has 1 saturated heterocycles. The Balaban J connectivity index is 1.83. The summed E-state index contributed by atoms with van der Waals surface area (Å²) in [6, 6.07) is 3.72. The van der Waals surface area contributed by atoms with Gasteiger partial charge in [0.1, 0.15) is 11.9 Å². The maximum atomic E-state index is 10.8. The number of rotatable bonds is 4. The molecule has 0 aliphatic carbocycles. The Morgan fingerprint density at radius 3 is 3.25 bits per heavy atom. The summed E-state index contributed by atoms with van der Waals surface area (Å²) >= 11 is 0. The van der Waals surface area contributed by atoms with Crippen molar-refractivity contribution >= 4 is 5.91 Å². The average Bonchev–Trinajstić information content (AvgIpc) is 2.66. The van der Waals surface area contributed by atoms with Crippen LogP contribution in [0.4, 0.5) is 0 Å². The Hall–Kier alpha value is -1.62. The molecule has 0 bridgehead atoms. The zero-order valence-corrected chi connectivity index (χ0v) is 9.00. The molecule has 1 atom stereocenters. The van der Waals surface area contributed by atoms with Gasteiger partial charge in [0.15, 0.2) is 0 Å². The Morgan fingerprint density at radius 2 is 2.56 bits per heavy atom. The molecule has 2 N–H and O–H groups in total. The molecular formula is C11H15N3O2. The molecule has 1 aromatic rings. The van der Waals surface area contributed by atoms with Gasteiger partial charge in [-0.3, -0.25) is 14.7 Å². The van der Waals surface area contributed by atoms with Crippen molar-refractivity contribution in [2.75, 3.05) is 19.6 Å². The number of hydrogen-bond donors (Lipinski definition) is 1. The number of ether oxygens (including phenoxy) is 1. The molecule has 1 fully saturated rings. The van der Waals surface area contributed by atoms with Crippen LogP contribution < -0.4 is 10.5 Å². The molecule has 16 heavy (non-hydrogen) atoms. The fourth-order valence-corrected chi connectivity index (χ4v) is 1.87. The summed E-state index contributed by atoms with van der Waals surface area (Å²) < 4.78 is 5.73. The van der Waals surface area contributed by atoms with Gasteiger partial charge in [-0.25, -0.2) is 0 Å². The van der Waals surface area contributed by atoms with Crippen molar-refractivity contribution in [3.05, 3.63) is 24.5 Å². The minimum Gasteiger partial charge on any atom is -0.487 e. The van der Waals surface area contributed by atoms with Gasteiger partial charge in [0, 0.05) is 19.3 Å². The second-order valence-electron chi connectivity index (χ2n) is 3.92. The number of amides is 1. The molecule has 0 saturated carbocycles. The summed E-state index contributed by atoms with van der Waals surface area (Å²) in [6.45, 7) is 1.92. The van der Waals surface area contributed by atoms with Crippen LogP contribution in [-0.2, 0) is 4.79 Å². The summed E-state index contributed by atoms with van der Waals surface area (Å²) in [5.74, 6) is 0.482. The third-order valence-electron chi connectivity index (χ3n) is 2.55. The van der Waals surface area contributed by atoms with Crippen LogP contribution in [0.15, 0.2) is 24.5 Å². The fraction of sp³-hybridized carbons (Fsp3) is 0.455.